The summed E-state index contributed by atoms with van der Waals surface area (Å²) in [5.74, 6) is -0.698. The van der Waals surface area contributed by atoms with Gasteiger partial charge in [-0.15, -0.1) is 0 Å². The van der Waals surface area contributed by atoms with Crippen LogP contribution in [0.25, 0.3) is 0 Å². The third-order valence-corrected chi connectivity index (χ3v) is 15.9. The smallest absolute Gasteiger partial charge is 0.187 e. The number of hydrogen-bond donors (Lipinski definition) is 10. The second kappa shape index (κ2) is 17.4. The monoisotopic (exact) mass is 804 g/mol. The Morgan fingerprint density at radius 1 is 0.804 bits per heavy atom. The van der Waals surface area contributed by atoms with Crippen LogP contribution in [0.2, 0.25) is 0 Å². The predicted octanol–water partition coefficient (Wildman–Crippen LogP) is 0.0460. The van der Waals surface area contributed by atoms with Crippen molar-refractivity contribution in [2.45, 2.75) is 178 Å². The number of aliphatic hydroxyl groups is 10. The van der Waals surface area contributed by atoms with Gasteiger partial charge in [0.25, 0.3) is 0 Å². The molecule has 0 amide bonds. The highest BCUT2D eigenvalue weighted by atomic mass is 16.8. The van der Waals surface area contributed by atoms with Crippen molar-refractivity contribution in [2.24, 2.45) is 52.3 Å². The summed E-state index contributed by atoms with van der Waals surface area (Å²) in [7, 11) is 1.33. The minimum absolute atomic E-state index is 0.00329. The second-order valence-electron chi connectivity index (χ2n) is 19.4. The molecule has 0 aromatic rings. The lowest BCUT2D eigenvalue weighted by Gasteiger charge is -2.65. The van der Waals surface area contributed by atoms with Crippen LogP contribution in [-0.2, 0) is 23.7 Å². The molecule has 4 aliphatic carbocycles. The third kappa shape index (κ3) is 7.88. The summed E-state index contributed by atoms with van der Waals surface area (Å²) in [5, 5.41) is 110. The Morgan fingerprint density at radius 2 is 1.50 bits per heavy atom. The Morgan fingerprint density at radius 3 is 2.16 bits per heavy atom. The summed E-state index contributed by atoms with van der Waals surface area (Å²) >= 11 is 0. The van der Waals surface area contributed by atoms with Crippen LogP contribution >= 0.6 is 0 Å². The number of methoxy groups -OCH3 is 1. The van der Waals surface area contributed by atoms with Gasteiger partial charge in [0.2, 0.25) is 0 Å². The van der Waals surface area contributed by atoms with Crippen LogP contribution in [0.3, 0.4) is 0 Å². The normalized spacial score (nSPS) is 50.9. The zero-order valence-electron chi connectivity index (χ0n) is 34.0. The van der Waals surface area contributed by atoms with E-state index in [-0.39, 0.29) is 60.6 Å². The van der Waals surface area contributed by atoms with Gasteiger partial charge in [0.05, 0.1) is 49.8 Å². The first kappa shape index (κ1) is 44.9. The number of ether oxygens (including phenoxy) is 5. The zero-order chi connectivity index (χ0) is 41.1. The largest absolute Gasteiger partial charge is 0.394 e. The molecule has 0 aromatic heterocycles. The Kier molecular flexibility index (Phi) is 14.0. The molecule has 15 nitrogen and oxygen atoms in total. The fraction of sp³-hybridized carbons (Fsp3) is 1.00. The molecule has 4 saturated carbocycles. The van der Waals surface area contributed by atoms with Crippen LogP contribution in [0.4, 0.5) is 0 Å². The standard InChI is InChI=1S/C41H72O15/c1-19(2)21(11-14-53-38-35(32(50)33(55-38)25(45)17-42)56-37-34(52-6)29(47)26(46)18-54-37)8-7-20(3)28-30(48)31(49)36-40(28,5)13-10-27-39(4)12-9-22(43)15-23(39)24(44)16-41(27,36)51/h19-38,42-51H,7-18H2,1-6H3/t20-,21-,22?,23?,24?,25?,26?,27?,28?,29?,30?,31+,32?,33?,34?,35?,36?,37?,38?,39?,40?,41?/m1/s1. The van der Waals surface area contributed by atoms with E-state index in [1.165, 1.54) is 7.11 Å². The zero-order valence-corrected chi connectivity index (χ0v) is 34.0. The van der Waals surface area contributed by atoms with Gasteiger partial charge in [0.1, 0.15) is 42.7 Å². The summed E-state index contributed by atoms with van der Waals surface area (Å²) in [6.07, 6.45) is -8.99. The Labute approximate surface area is 331 Å². The highest BCUT2D eigenvalue weighted by molar-refractivity contribution is 5.21. The number of hydrogen-bond acceptors (Lipinski definition) is 15. The van der Waals surface area contributed by atoms with E-state index < -0.39 is 103 Å². The molecule has 10 N–H and O–H groups in total. The maximum atomic E-state index is 12.7. The molecular formula is C41H72O15. The van der Waals surface area contributed by atoms with E-state index in [4.69, 9.17) is 23.7 Å². The topological polar surface area (TPSA) is 248 Å². The number of rotatable bonds is 14. The fourth-order valence-electron chi connectivity index (χ4n) is 13.0. The lowest BCUT2D eigenvalue weighted by atomic mass is 9.42. The maximum absolute atomic E-state index is 12.7. The van der Waals surface area contributed by atoms with E-state index in [0.717, 1.165) is 25.7 Å². The van der Waals surface area contributed by atoms with Crippen molar-refractivity contribution in [3.63, 3.8) is 0 Å². The van der Waals surface area contributed by atoms with Gasteiger partial charge < -0.3 is 74.7 Å². The van der Waals surface area contributed by atoms with E-state index in [1.807, 2.05) is 0 Å². The molecule has 56 heavy (non-hydrogen) atoms. The first-order valence-corrected chi connectivity index (χ1v) is 21.2. The van der Waals surface area contributed by atoms with Gasteiger partial charge in [-0.05, 0) is 91.3 Å². The van der Waals surface area contributed by atoms with E-state index in [9.17, 15) is 51.1 Å². The third-order valence-electron chi connectivity index (χ3n) is 15.9. The molecule has 19 unspecified atom stereocenters. The molecule has 0 aromatic carbocycles. The minimum Gasteiger partial charge on any atom is -0.394 e. The molecule has 2 aliphatic heterocycles. The molecule has 0 radical (unpaired) electrons. The van der Waals surface area contributed by atoms with Crippen LogP contribution in [0.1, 0.15) is 92.4 Å². The second-order valence-corrected chi connectivity index (χ2v) is 19.4. The van der Waals surface area contributed by atoms with Crippen molar-refractivity contribution in [3.8, 4) is 0 Å². The molecule has 6 fully saturated rings. The maximum Gasteiger partial charge on any atom is 0.187 e. The van der Waals surface area contributed by atoms with Crippen molar-refractivity contribution in [3.05, 3.63) is 0 Å². The van der Waals surface area contributed by atoms with Crippen molar-refractivity contribution in [2.75, 3.05) is 26.9 Å². The lowest BCUT2D eigenvalue weighted by molar-refractivity contribution is -0.307. The SMILES string of the molecule is COC1C(OC2C(OCC[C@@H](CC[C@@H](C)C3C(O)[C@H](O)C4C3(C)CCC3C5(C)CCC(O)CC5C(O)CC34O)C(C)C)OC(C(O)CO)C2O)OCC(O)C1O. The first-order valence-electron chi connectivity index (χ1n) is 21.2. The number of aliphatic hydroxyl groups excluding tert-OH is 9. The van der Waals surface area contributed by atoms with E-state index in [2.05, 4.69) is 34.6 Å². The summed E-state index contributed by atoms with van der Waals surface area (Å²) in [5.41, 5.74) is -2.27. The predicted molar refractivity (Wildman–Crippen MR) is 199 cm³/mol. The van der Waals surface area contributed by atoms with Gasteiger partial charge in [0.15, 0.2) is 12.6 Å². The van der Waals surface area contributed by atoms with Crippen LogP contribution < -0.4 is 0 Å². The molecule has 2 heterocycles. The molecule has 0 spiro atoms. The molecule has 2 saturated heterocycles. The van der Waals surface area contributed by atoms with E-state index in [1.54, 1.807) is 0 Å². The van der Waals surface area contributed by atoms with Gasteiger partial charge in [-0.3, -0.25) is 0 Å². The van der Waals surface area contributed by atoms with Crippen LogP contribution in [0.5, 0.6) is 0 Å². The van der Waals surface area contributed by atoms with Gasteiger partial charge in [-0.25, -0.2) is 0 Å². The first-order chi connectivity index (χ1) is 26.3. The average Bonchev–Trinajstić information content (AvgIpc) is 3.56. The van der Waals surface area contributed by atoms with Crippen molar-refractivity contribution in [1.29, 1.82) is 0 Å². The fourth-order valence-corrected chi connectivity index (χ4v) is 13.0. The van der Waals surface area contributed by atoms with Crippen LogP contribution in [0, 0.1) is 52.3 Å². The molecule has 326 valence electrons. The van der Waals surface area contributed by atoms with Gasteiger partial charge in [-0.2, -0.15) is 0 Å². The summed E-state index contributed by atoms with van der Waals surface area (Å²) in [4.78, 5) is 0. The average molecular weight is 805 g/mol. The molecule has 6 aliphatic rings. The lowest BCUT2D eigenvalue weighted by Crippen LogP contribution is -2.68. The Balaban J connectivity index is 1.10. The minimum atomic E-state index is -1.42. The van der Waals surface area contributed by atoms with Crippen molar-refractivity contribution >= 4 is 0 Å². The van der Waals surface area contributed by atoms with Crippen molar-refractivity contribution in [1.82, 2.24) is 0 Å². The Hall–Kier alpha value is -0.600. The highest BCUT2D eigenvalue weighted by Crippen LogP contribution is 2.70. The molecule has 15 heteroatoms. The van der Waals surface area contributed by atoms with Crippen molar-refractivity contribution < 1.29 is 74.7 Å². The summed E-state index contributed by atoms with van der Waals surface area (Å²) in [6.45, 7) is 9.93. The van der Waals surface area contributed by atoms with Crippen LogP contribution in [0.15, 0.2) is 0 Å². The highest BCUT2D eigenvalue weighted by Gasteiger charge is 2.72. The molecular weight excluding hydrogens is 732 g/mol. The molecule has 6 rings (SSSR count). The summed E-state index contributed by atoms with van der Waals surface area (Å²) in [6, 6.07) is 0. The summed E-state index contributed by atoms with van der Waals surface area (Å²) < 4.78 is 28.9. The van der Waals surface area contributed by atoms with Gasteiger partial charge in [0, 0.05) is 19.4 Å². The van der Waals surface area contributed by atoms with E-state index in [0.29, 0.717) is 25.7 Å². The Bertz CT molecular complexity index is 1290. The molecule has 22 atom stereocenters. The van der Waals surface area contributed by atoms with E-state index >= 15 is 0 Å². The van der Waals surface area contributed by atoms with Crippen LogP contribution in [-0.4, -0.2) is 163 Å². The number of fused-ring (bicyclic) bond motifs is 5. The quantitative estimate of drug-likeness (QED) is 0.111. The van der Waals surface area contributed by atoms with Gasteiger partial charge in [-0.1, -0.05) is 41.0 Å². The van der Waals surface area contributed by atoms with Gasteiger partial charge >= 0.3 is 0 Å². The molecule has 0 bridgehead atoms.